The van der Waals surface area contributed by atoms with Gasteiger partial charge in [-0.2, -0.15) is 0 Å². The third-order valence-electron chi connectivity index (χ3n) is 4.29. The Morgan fingerprint density at radius 2 is 2.07 bits per heavy atom. The zero-order chi connectivity index (χ0) is 19.5. The van der Waals surface area contributed by atoms with Crippen molar-refractivity contribution >= 4 is 50.0 Å². The Morgan fingerprint density at radius 1 is 1.25 bits per heavy atom. The highest BCUT2D eigenvalue weighted by Gasteiger charge is 2.21. The van der Waals surface area contributed by atoms with E-state index in [9.17, 15) is 4.79 Å². The van der Waals surface area contributed by atoms with Gasteiger partial charge in [-0.25, -0.2) is 4.98 Å². The Morgan fingerprint density at radius 3 is 2.82 bits per heavy atom. The lowest BCUT2D eigenvalue weighted by Gasteiger charge is -2.19. The number of thiophene rings is 1. The second-order valence-corrected chi connectivity index (χ2v) is 8.65. The summed E-state index contributed by atoms with van der Waals surface area (Å²) in [6.45, 7) is 1.75. The molecule has 0 atom stereocenters. The van der Waals surface area contributed by atoms with Crippen molar-refractivity contribution in [3.05, 3.63) is 40.6 Å². The van der Waals surface area contributed by atoms with E-state index in [0.717, 1.165) is 33.8 Å². The largest absolute Gasteiger partial charge is 0.454 e. The van der Waals surface area contributed by atoms with Crippen molar-refractivity contribution in [3.63, 3.8) is 0 Å². The summed E-state index contributed by atoms with van der Waals surface area (Å²) in [7, 11) is 4.06. The SMILES string of the molecule is CN(C)CCCN(C(=O)/C=C/c1cccs1)c1nc2cc3c(cc2s1)OCO3. The van der Waals surface area contributed by atoms with Crippen LogP contribution in [0.4, 0.5) is 5.13 Å². The molecule has 8 heteroatoms. The highest BCUT2D eigenvalue weighted by atomic mass is 32.1. The first-order chi connectivity index (χ1) is 13.6. The van der Waals surface area contributed by atoms with E-state index in [1.807, 2.05) is 49.8 Å². The number of anilines is 1. The number of rotatable bonds is 7. The smallest absolute Gasteiger partial charge is 0.252 e. The highest BCUT2D eigenvalue weighted by molar-refractivity contribution is 7.22. The lowest BCUT2D eigenvalue weighted by atomic mass is 10.3. The standard InChI is InChI=1S/C20H21N3O3S2/c1-22(2)8-4-9-23(19(24)7-6-14-5-3-10-27-14)20-21-15-11-16-17(26-13-25-16)12-18(15)28-20/h3,5-7,10-12H,4,8-9,13H2,1-2H3/b7-6+. The summed E-state index contributed by atoms with van der Waals surface area (Å²) in [6.07, 6.45) is 4.35. The lowest BCUT2D eigenvalue weighted by Crippen LogP contribution is -2.32. The van der Waals surface area contributed by atoms with Gasteiger partial charge in [-0.3, -0.25) is 9.69 Å². The molecule has 0 saturated carbocycles. The average molecular weight is 416 g/mol. The minimum Gasteiger partial charge on any atom is -0.454 e. The monoisotopic (exact) mass is 415 g/mol. The minimum absolute atomic E-state index is 0.0637. The van der Waals surface area contributed by atoms with Crippen LogP contribution in [0.3, 0.4) is 0 Å². The Bertz CT molecular complexity index is 955. The van der Waals surface area contributed by atoms with Gasteiger partial charge in [0.2, 0.25) is 6.79 Å². The van der Waals surface area contributed by atoms with Crippen LogP contribution >= 0.6 is 22.7 Å². The average Bonchev–Trinajstić information content (AvgIpc) is 3.40. The number of aromatic nitrogens is 1. The minimum atomic E-state index is -0.0637. The first-order valence-corrected chi connectivity index (χ1v) is 10.7. The molecule has 0 bridgehead atoms. The molecule has 0 radical (unpaired) electrons. The molecule has 0 unspecified atom stereocenters. The van der Waals surface area contributed by atoms with Gasteiger partial charge in [-0.05, 0) is 44.6 Å². The van der Waals surface area contributed by atoms with Crippen LogP contribution in [0.1, 0.15) is 11.3 Å². The summed E-state index contributed by atoms with van der Waals surface area (Å²) in [5.41, 5.74) is 0.817. The number of nitrogens with zero attached hydrogens (tertiary/aromatic N) is 3. The van der Waals surface area contributed by atoms with Crippen LogP contribution in [0.25, 0.3) is 16.3 Å². The van der Waals surface area contributed by atoms with E-state index in [1.54, 1.807) is 22.3 Å². The topological polar surface area (TPSA) is 54.9 Å². The highest BCUT2D eigenvalue weighted by Crippen LogP contribution is 2.39. The molecular formula is C20H21N3O3S2. The van der Waals surface area contributed by atoms with Gasteiger partial charge in [0.25, 0.3) is 5.91 Å². The quantitative estimate of drug-likeness (QED) is 0.544. The molecule has 2 aromatic heterocycles. The molecule has 1 aromatic carbocycles. The van der Waals surface area contributed by atoms with E-state index >= 15 is 0 Å². The number of benzene rings is 1. The van der Waals surface area contributed by atoms with Gasteiger partial charge in [0.15, 0.2) is 16.6 Å². The Balaban J connectivity index is 1.60. The van der Waals surface area contributed by atoms with Crippen molar-refractivity contribution in [2.75, 3.05) is 38.9 Å². The van der Waals surface area contributed by atoms with Crippen molar-refractivity contribution in [3.8, 4) is 11.5 Å². The fourth-order valence-electron chi connectivity index (χ4n) is 2.90. The first kappa shape index (κ1) is 18.9. The molecular weight excluding hydrogens is 394 g/mol. The van der Waals surface area contributed by atoms with E-state index in [1.165, 1.54) is 11.3 Å². The van der Waals surface area contributed by atoms with Crippen molar-refractivity contribution in [2.45, 2.75) is 6.42 Å². The number of ether oxygens (including phenoxy) is 2. The summed E-state index contributed by atoms with van der Waals surface area (Å²) in [6, 6.07) is 7.77. The van der Waals surface area contributed by atoms with Crippen LogP contribution in [0.2, 0.25) is 0 Å². The Kier molecular flexibility index (Phi) is 5.61. The summed E-state index contributed by atoms with van der Waals surface area (Å²) in [5, 5.41) is 2.69. The van der Waals surface area contributed by atoms with Gasteiger partial charge in [-0.15, -0.1) is 11.3 Å². The zero-order valence-corrected chi connectivity index (χ0v) is 17.4. The summed E-state index contributed by atoms with van der Waals surface area (Å²) < 4.78 is 11.9. The van der Waals surface area contributed by atoms with Gasteiger partial charge >= 0.3 is 0 Å². The molecule has 1 aliphatic heterocycles. The molecule has 3 aromatic rings. The number of hydrogen-bond donors (Lipinski definition) is 0. The predicted octanol–water partition coefficient (Wildman–Crippen LogP) is 4.08. The fraction of sp³-hybridized carbons (Fsp3) is 0.300. The number of hydrogen-bond acceptors (Lipinski definition) is 7. The normalized spacial score (nSPS) is 13.1. The first-order valence-electron chi connectivity index (χ1n) is 8.98. The number of carbonyl (C=O) groups excluding carboxylic acids is 1. The Labute approximate surface area is 171 Å². The van der Waals surface area contributed by atoms with Gasteiger partial charge in [0, 0.05) is 29.6 Å². The second kappa shape index (κ2) is 8.30. The maximum absolute atomic E-state index is 12.9. The number of fused-ring (bicyclic) bond motifs is 2. The van der Waals surface area contributed by atoms with Crippen LogP contribution in [0, 0.1) is 0 Å². The van der Waals surface area contributed by atoms with E-state index in [0.29, 0.717) is 17.4 Å². The van der Waals surface area contributed by atoms with E-state index in [2.05, 4.69) is 4.90 Å². The molecule has 0 fully saturated rings. The molecule has 0 spiro atoms. The molecule has 0 aliphatic carbocycles. The van der Waals surface area contributed by atoms with Crippen molar-refractivity contribution < 1.29 is 14.3 Å². The van der Waals surface area contributed by atoms with Crippen LogP contribution in [-0.2, 0) is 4.79 Å². The molecule has 1 aliphatic rings. The van der Waals surface area contributed by atoms with Crippen molar-refractivity contribution in [1.29, 1.82) is 0 Å². The van der Waals surface area contributed by atoms with Gasteiger partial charge in [-0.1, -0.05) is 17.4 Å². The number of thiazole rings is 1. The van der Waals surface area contributed by atoms with E-state index in [4.69, 9.17) is 14.5 Å². The van der Waals surface area contributed by atoms with Crippen molar-refractivity contribution in [2.24, 2.45) is 0 Å². The summed E-state index contributed by atoms with van der Waals surface area (Å²) in [4.78, 5) is 22.6. The summed E-state index contributed by atoms with van der Waals surface area (Å²) in [5.74, 6) is 1.37. The second-order valence-electron chi connectivity index (χ2n) is 6.67. The number of carbonyl (C=O) groups is 1. The molecule has 3 heterocycles. The van der Waals surface area contributed by atoms with Crippen LogP contribution in [0.5, 0.6) is 11.5 Å². The zero-order valence-electron chi connectivity index (χ0n) is 15.8. The van der Waals surface area contributed by atoms with Crippen LogP contribution in [0.15, 0.2) is 35.7 Å². The molecule has 146 valence electrons. The lowest BCUT2D eigenvalue weighted by molar-refractivity contribution is -0.114. The maximum atomic E-state index is 12.9. The van der Waals surface area contributed by atoms with E-state index < -0.39 is 0 Å². The molecule has 28 heavy (non-hydrogen) atoms. The summed E-state index contributed by atoms with van der Waals surface area (Å²) >= 11 is 3.10. The number of amides is 1. The Hall–Kier alpha value is -2.42. The van der Waals surface area contributed by atoms with Crippen LogP contribution < -0.4 is 14.4 Å². The molecule has 0 N–H and O–H groups in total. The predicted molar refractivity (Wildman–Crippen MR) is 115 cm³/mol. The van der Waals surface area contributed by atoms with Gasteiger partial charge < -0.3 is 14.4 Å². The van der Waals surface area contributed by atoms with E-state index in [-0.39, 0.29) is 12.7 Å². The van der Waals surface area contributed by atoms with Gasteiger partial charge in [0.05, 0.1) is 10.2 Å². The molecule has 1 amide bonds. The molecule has 0 saturated heterocycles. The third-order valence-corrected chi connectivity index (χ3v) is 6.17. The fourth-order valence-corrected chi connectivity index (χ4v) is 4.52. The third kappa shape index (κ3) is 4.19. The van der Waals surface area contributed by atoms with Gasteiger partial charge in [0.1, 0.15) is 0 Å². The van der Waals surface area contributed by atoms with Crippen molar-refractivity contribution in [1.82, 2.24) is 9.88 Å². The molecule has 6 nitrogen and oxygen atoms in total. The van der Waals surface area contributed by atoms with Crippen LogP contribution in [-0.4, -0.2) is 49.8 Å². The maximum Gasteiger partial charge on any atom is 0.252 e. The molecule has 4 rings (SSSR count).